The van der Waals surface area contributed by atoms with Crippen LogP contribution >= 0.6 is 11.3 Å². The van der Waals surface area contributed by atoms with Gasteiger partial charge in [0.05, 0.1) is 5.69 Å². The summed E-state index contributed by atoms with van der Waals surface area (Å²) in [6, 6.07) is 72.8. The molecule has 10 aromatic rings. The Labute approximate surface area is 319 Å². The highest BCUT2D eigenvalue weighted by atomic mass is 32.1. The Morgan fingerprint density at radius 3 is 1.81 bits per heavy atom. The third-order valence-corrected chi connectivity index (χ3v) is 11.6. The Bertz CT molecular complexity index is 2970. The van der Waals surface area contributed by atoms with E-state index >= 15 is 0 Å². The van der Waals surface area contributed by atoms with Crippen molar-refractivity contribution in [2.24, 2.45) is 0 Å². The minimum absolute atomic E-state index is 1.08. The largest absolute Gasteiger partial charge is 0.310 e. The Morgan fingerprint density at radius 2 is 0.981 bits per heavy atom. The van der Waals surface area contributed by atoms with Crippen LogP contribution in [0.3, 0.4) is 0 Å². The maximum absolute atomic E-state index is 2.46. The molecule has 0 aliphatic carbocycles. The zero-order valence-corrected chi connectivity index (χ0v) is 30.7. The highest BCUT2D eigenvalue weighted by Crippen LogP contribution is 2.48. The van der Waals surface area contributed by atoms with Gasteiger partial charge < -0.3 is 9.80 Å². The summed E-state index contributed by atoms with van der Waals surface area (Å²) < 4.78 is 2.60. The van der Waals surface area contributed by atoms with Crippen molar-refractivity contribution in [2.75, 3.05) is 9.80 Å². The third-order valence-electron chi connectivity index (χ3n) is 10.5. The first kappa shape index (κ1) is 32.0. The quantitative estimate of drug-likeness (QED) is 0.163. The van der Waals surface area contributed by atoms with Gasteiger partial charge in [0, 0.05) is 54.2 Å². The van der Waals surface area contributed by atoms with Crippen LogP contribution in [0.4, 0.5) is 34.1 Å². The molecule has 54 heavy (non-hydrogen) atoms. The Kier molecular flexibility index (Phi) is 7.93. The topological polar surface area (TPSA) is 6.48 Å². The van der Waals surface area contributed by atoms with E-state index in [0.29, 0.717) is 0 Å². The molecule has 0 amide bonds. The van der Waals surface area contributed by atoms with E-state index in [-0.39, 0.29) is 0 Å². The van der Waals surface area contributed by atoms with Crippen molar-refractivity contribution in [1.29, 1.82) is 0 Å². The first-order valence-corrected chi connectivity index (χ1v) is 19.2. The molecular weight excluding hydrogens is 673 g/mol. The number of benzene rings is 9. The maximum atomic E-state index is 2.46. The van der Waals surface area contributed by atoms with Crippen molar-refractivity contribution in [2.45, 2.75) is 6.92 Å². The molecule has 0 unspecified atom stereocenters. The average Bonchev–Trinajstić information content (AvgIpc) is 3.61. The van der Waals surface area contributed by atoms with E-state index in [1.807, 2.05) is 11.3 Å². The van der Waals surface area contributed by atoms with Gasteiger partial charge in [-0.2, -0.15) is 0 Å². The molecule has 0 saturated heterocycles. The smallest absolute Gasteiger partial charge is 0.0546 e. The molecule has 0 aliphatic rings. The first-order chi connectivity index (χ1) is 26.7. The van der Waals surface area contributed by atoms with Gasteiger partial charge in [-0.15, -0.1) is 11.3 Å². The van der Waals surface area contributed by atoms with Crippen LogP contribution < -0.4 is 9.80 Å². The summed E-state index contributed by atoms with van der Waals surface area (Å²) in [4.78, 5) is 4.82. The van der Waals surface area contributed by atoms with Crippen LogP contribution in [0.15, 0.2) is 200 Å². The summed E-state index contributed by atoms with van der Waals surface area (Å²) in [6.07, 6.45) is 0. The number of para-hydroxylation sites is 1. The Morgan fingerprint density at radius 1 is 0.370 bits per heavy atom. The summed E-state index contributed by atoms with van der Waals surface area (Å²) in [7, 11) is 0. The second-order valence-corrected chi connectivity index (χ2v) is 14.9. The van der Waals surface area contributed by atoms with E-state index < -0.39 is 0 Å². The van der Waals surface area contributed by atoms with Gasteiger partial charge in [-0.25, -0.2) is 0 Å². The SMILES string of the molecule is Cc1cccc2sc3cc(N(c4cccc(N(c5ccccc5)c5ccc6ccccc6c5)c4)c4ccc5ccccc5c4-c4ccccc4)ccc3c12. The lowest BCUT2D eigenvalue weighted by atomic mass is 9.95. The molecule has 256 valence electrons. The molecule has 0 fully saturated rings. The normalized spacial score (nSPS) is 11.4. The minimum atomic E-state index is 1.08. The second kappa shape index (κ2) is 13.4. The van der Waals surface area contributed by atoms with Crippen LogP contribution in [-0.2, 0) is 0 Å². The summed E-state index contributed by atoms with van der Waals surface area (Å²) in [5.74, 6) is 0. The number of fused-ring (bicyclic) bond motifs is 5. The van der Waals surface area contributed by atoms with Crippen LogP contribution in [0.1, 0.15) is 5.56 Å². The highest BCUT2D eigenvalue weighted by molar-refractivity contribution is 7.25. The molecule has 1 aromatic heterocycles. The monoisotopic (exact) mass is 708 g/mol. The van der Waals surface area contributed by atoms with Gasteiger partial charge in [0.25, 0.3) is 0 Å². The van der Waals surface area contributed by atoms with Crippen LogP contribution in [0.25, 0.3) is 52.8 Å². The van der Waals surface area contributed by atoms with E-state index in [1.54, 1.807) is 0 Å². The van der Waals surface area contributed by atoms with E-state index in [1.165, 1.54) is 58.4 Å². The van der Waals surface area contributed by atoms with E-state index in [9.17, 15) is 0 Å². The number of rotatable bonds is 7. The predicted octanol–water partition coefficient (Wildman–Crippen LogP) is 15.3. The van der Waals surface area contributed by atoms with E-state index in [4.69, 9.17) is 0 Å². The van der Waals surface area contributed by atoms with Gasteiger partial charge in [0.1, 0.15) is 0 Å². The van der Waals surface area contributed by atoms with Gasteiger partial charge in [-0.05, 0) is 106 Å². The fraction of sp³-hybridized carbons (Fsp3) is 0.0196. The van der Waals surface area contributed by atoms with Crippen molar-refractivity contribution in [1.82, 2.24) is 0 Å². The van der Waals surface area contributed by atoms with Crippen LogP contribution in [-0.4, -0.2) is 0 Å². The number of anilines is 6. The zero-order valence-electron chi connectivity index (χ0n) is 29.9. The van der Waals surface area contributed by atoms with Crippen LogP contribution in [0, 0.1) is 6.92 Å². The van der Waals surface area contributed by atoms with E-state index in [2.05, 4.69) is 217 Å². The predicted molar refractivity (Wildman–Crippen MR) is 234 cm³/mol. The lowest BCUT2D eigenvalue weighted by molar-refractivity contribution is 1.26. The van der Waals surface area contributed by atoms with Crippen molar-refractivity contribution in [3.8, 4) is 11.1 Å². The molecule has 0 saturated carbocycles. The number of hydrogen-bond donors (Lipinski definition) is 0. The molecule has 1 heterocycles. The summed E-state index contributed by atoms with van der Waals surface area (Å²) in [5, 5.41) is 7.54. The fourth-order valence-electron chi connectivity index (χ4n) is 8.02. The highest BCUT2D eigenvalue weighted by Gasteiger charge is 2.22. The molecule has 0 spiro atoms. The molecule has 9 aromatic carbocycles. The van der Waals surface area contributed by atoms with Gasteiger partial charge in [0.15, 0.2) is 0 Å². The first-order valence-electron chi connectivity index (χ1n) is 18.4. The van der Waals surface area contributed by atoms with Crippen molar-refractivity contribution in [3.63, 3.8) is 0 Å². The zero-order chi connectivity index (χ0) is 36.0. The van der Waals surface area contributed by atoms with Gasteiger partial charge in [-0.3, -0.25) is 0 Å². The lowest BCUT2D eigenvalue weighted by Crippen LogP contribution is -2.14. The third kappa shape index (κ3) is 5.58. The Balaban J connectivity index is 1.23. The molecule has 10 rings (SSSR count). The van der Waals surface area contributed by atoms with Crippen molar-refractivity contribution in [3.05, 3.63) is 206 Å². The molecule has 0 N–H and O–H groups in total. The van der Waals surface area contributed by atoms with E-state index in [0.717, 1.165) is 34.1 Å². The summed E-state index contributed by atoms with van der Waals surface area (Å²) in [6.45, 7) is 2.22. The Hall–Kier alpha value is -6.68. The van der Waals surface area contributed by atoms with Crippen LogP contribution in [0.5, 0.6) is 0 Å². The standard InChI is InChI=1S/C51H36N2S/c1-35-14-12-25-48-50(35)46-30-29-44(34-49(46)54-48)53(47-31-27-37-16-10-11-24-45(37)51(47)38-17-4-2-5-18-38)42-23-13-22-41(33-42)52(40-20-6-3-7-21-40)43-28-26-36-15-8-9-19-39(36)32-43/h2-34H,1H3. The second-order valence-electron chi connectivity index (χ2n) is 13.8. The van der Waals surface area contributed by atoms with Gasteiger partial charge in [-0.1, -0.05) is 133 Å². The summed E-state index contributed by atoms with van der Waals surface area (Å²) >= 11 is 1.87. The lowest BCUT2D eigenvalue weighted by Gasteiger charge is -2.31. The summed E-state index contributed by atoms with van der Waals surface area (Å²) in [5.41, 5.74) is 10.3. The number of thiophene rings is 1. The number of nitrogens with zero attached hydrogens (tertiary/aromatic N) is 2. The molecule has 3 heteroatoms. The molecule has 0 radical (unpaired) electrons. The number of aryl methyl sites for hydroxylation is 1. The van der Waals surface area contributed by atoms with Crippen molar-refractivity contribution < 1.29 is 0 Å². The number of hydrogen-bond acceptors (Lipinski definition) is 3. The maximum Gasteiger partial charge on any atom is 0.0546 e. The molecule has 0 bridgehead atoms. The van der Waals surface area contributed by atoms with Gasteiger partial charge >= 0.3 is 0 Å². The van der Waals surface area contributed by atoms with Gasteiger partial charge in [0.2, 0.25) is 0 Å². The molecule has 0 aliphatic heterocycles. The molecule has 2 nitrogen and oxygen atoms in total. The average molecular weight is 709 g/mol. The molecular formula is C51H36N2S. The van der Waals surface area contributed by atoms with Crippen LogP contribution in [0.2, 0.25) is 0 Å². The van der Waals surface area contributed by atoms with Crippen molar-refractivity contribution >= 4 is 87.2 Å². The molecule has 0 atom stereocenters. The fourth-order valence-corrected chi connectivity index (χ4v) is 9.24. The minimum Gasteiger partial charge on any atom is -0.310 e.